The molecule has 0 radical (unpaired) electrons. The molecule has 5 heteroatoms. The molecule has 1 saturated carbocycles. The molecular formula is C18H25NO4. The van der Waals surface area contributed by atoms with Crippen LogP contribution in [0.3, 0.4) is 0 Å². The Morgan fingerprint density at radius 1 is 1.43 bits per heavy atom. The Morgan fingerprint density at radius 3 is 2.87 bits per heavy atom. The first-order chi connectivity index (χ1) is 11.0. The van der Waals surface area contributed by atoms with E-state index < -0.39 is 17.4 Å². The smallest absolute Gasteiger partial charge is 0.312 e. The van der Waals surface area contributed by atoms with Gasteiger partial charge >= 0.3 is 5.97 Å². The van der Waals surface area contributed by atoms with Crippen molar-refractivity contribution in [3.8, 4) is 0 Å². The lowest BCUT2D eigenvalue weighted by Crippen LogP contribution is -2.41. The summed E-state index contributed by atoms with van der Waals surface area (Å²) in [7, 11) is 0. The summed E-state index contributed by atoms with van der Waals surface area (Å²) in [5.74, 6) is -0.760. The predicted octanol–water partition coefficient (Wildman–Crippen LogP) is 1.91. The zero-order chi connectivity index (χ0) is 16.2. The molecular weight excluding hydrogens is 294 g/mol. The van der Waals surface area contributed by atoms with E-state index in [1.54, 1.807) is 0 Å². The minimum atomic E-state index is -0.591. The molecule has 3 fully saturated rings. The zero-order valence-electron chi connectivity index (χ0n) is 13.9. The summed E-state index contributed by atoms with van der Waals surface area (Å²) in [5.41, 5.74) is -0.591. The molecule has 4 atom stereocenters. The summed E-state index contributed by atoms with van der Waals surface area (Å²) in [6, 6.07) is 0.325. The SMILES string of the molecule is CC(C)COC(=O)[C@H]1[C@H]2C(=O)N(C3CCCC3)C[C@@]23C=C[C@H]1O3. The quantitative estimate of drug-likeness (QED) is 0.587. The molecule has 1 aliphatic carbocycles. The molecule has 0 unspecified atom stereocenters. The largest absolute Gasteiger partial charge is 0.465 e. The van der Waals surface area contributed by atoms with E-state index in [0.29, 0.717) is 19.2 Å². The highest BCUT2D eigenvalue weighted by molar-refractivity contribution is 5.91. The number of carbonyl (C=O) groups is 2. The van der Waals surface area contributed by atoms with Crippen LogP contribution in [0.1, 0.15) is 39.5 Å². The number of hydrogen-bond acceptors (Lipinski definition) is 4. The van der Waals surface area contributed by atoms with Crippen LogP contribution in [0, 0.1) is 17.8 Å². The molecule has 126 valence electrons. The fourth-order valence-electron chi connectivity index (χ4n) is 4.67. The summed E-state index contributed by atoms with van der Waals surface area (Å²) < 4.78 is 11.5. The van der Waals surface area contributed by atoms with Gasteiger partial charge in [0.25, 0.3) is 0 Å². The van der Waals surface area contributed by atoms with Crippen LogP contribution in [0.25, 0.3) is 0 Å². The average Bonchev–Trinajstić information content (AvgIpc) is 3.25. The molecule has 0 aromatic heterocycles. The number of nitrogens with zero attached hydrogens (tertiary/aromatic N) is 1. The molecule has 2 saturated heterocycles. The van der Waals surface area contributed by atoms with Crippen molar-refractivity contribution < 1.29 is 19.1 Å². The predicted molar refractivity (Wildman–Crippen MR) is 83.5 cm³/mol. The second-order valence-corrected chi connectivity index (χ2v) is 7.83. The summed E-state index contributed by atoms with van der Waals surface area (Å²) >= 11 is 0. The van der Waals surface area contributed by atoms with E-state index in [4.69, 9.17) is 9.47 Å². The molecule has 0 aromatic rings. The second-order valence-electron chi connectivity index (χ2n) is 7.83. The summed E-state index contributed by atoms with van der Waals surface area (Å²) in [4.78, 5) is 27.5. The first-order valence-corrected chi connectivity index (χ1v) is 8.86. The van der Waals surface area contributed by atoms with Crippen LogP contribution in [0.5, 0.6) is 0 Å². The zero-order valence-corrected chi connectivity index (χ0v) is 13.9. The molecule has 5 nitrogen and oxygen atoms in total. The van der Waals surface area contributed by atoms with Crippen molar-refractivity contribution in [3.63, 3.8) is 0 Å². The van der Waals surface area contributed by atoms with Crippen molar-refractivity contribution in [2.45, 2.75) is 57.3 Å². The van der Waals surface area contributed by atoms with E-state index in [9.17, 15) is 9.59 Å². The Hall–Kier alpha value is -1.36. The maximum atomic E-state index is 13.0. The van der Waals surface area contributed by atoms with Crippen molar-refractivity contribution in [2.24, 2.45) is 17.8 Å². The number of fused-ring (bicyclic) bond motifs is 1. The average molecular weight is 319 g/mol. The highest BCUT2D eigenvalue weighted by Gasteiger charge is 2.67. The normalized spacial score (nSPS) is 38.8. The molecule has 4 aliphatic rings. The minimum Gasteiger partial charge on any atom is -0.465 e. The number of likely N-dealkylation sites (tertiary alicyclic amines) is 1. The van der Waals surface area contributed by atoms with Crippen LogP contribution < -0.4 is 0 Å². The molecule has 0 aromatic carbocycles. The summed E-state index contributed by atoms with van der Waals surface area (Å²) in [6.07, 6.45) is 8.18. The molecule has 3 heterocycles. The maximum absolute atomic E-state index is 13.0. The molecule has 1 amide bonds. The van der Waals surface area contributed by atoms with Crippen LogP contribution in [-0.4, -0.2) is 47.7 Å². The fourth-order valence-corrected chi connectivity index (χ4v) is 4.67. The first-order valence-electron chi connectivity index (χ1n) is 8.86. The highest BCUT2D eigenvalue weighted by atomic mass is 16.6. The van der Waals surface area contributed by atoms with Crippen LogP contribution in [0.4, 0.5) is 0 Å². The monoisotopic (exact) mass is 319 g/mol. The maximum Gasteiger partial charge on any atom is 0.312 e. The van der Waals surface area contributed by atoms with Crippen molar-refractivity contribution >= 4 is 11.9 Å². The van der Waals surface area contributed by atoms with E-state index in [-0.39, 0.29) is 23.9 Å². The third-order valence-corrected chi connectivity index (χ3v) is 5.73. The van der Waals surface area contributed by atoms with E-state index in [0.717, 1.165) is 12.8 Å². The van der Waals surface area contributed by atoms with E-state index >= 15 is 0 Å². The number of esters is 1. The Balaban J connectivity index is 1.56. The lowest BCUT2D eigenvalue weighted by molar-refractivity contribution is -0.155. The molecule has 0 N–H and O–H groups in total. The van der Waals surface area contributed by atoms with Crippen molar-refractivity contribution in [3.05, 3.63) is 12.2 Å². The van der Waals surface area contributed by atoms with Crippen molar-refractivity contribution in [1.29, 1.82) is 0 Å². The number of hydrogen-bond donors (Lipinski definition) is 0. The lowest BCUT2D eigenvalue weighted by Gasteiger charge is -2.26. The van der Waals surface area contributed by atoms with Crippen LogP contribution in [0.2, 0.25) is 0 Å². The van der Waals surface area contributed by atoms with Gasteiger partial charge in [0.15, 0.2) is 0 Å². The lowest BCUT2D eigenvalue weighted by atomic mass is 9.77. The first kappa shape index (κ1) is 15.2. The topological polar surface area (TPSA) is 55.8 Å². The van der Waals surface area contributed by atoms with Crippen LogP contribution >= 0.6 is 0 Å². The molecule has 1 spiro atoms. The van der Waals surface area contributed by atoms with Gasteiger partial charge in [-0.3, -0.25) is 9.59 Å². The number of amides is 1. The summed E-state index contributed by atoms with van der Waals surface area (Å²) in [5, 5.41) is 0. The number of rotatable bonds is 4. The standard InChI is InChI=1S/C18H25NO4/c1-11(2)9-22-17(21)14-13-7-8-18(23-13)10-19(16(20)15(14)18)12-5-3-4-6-12/h7-8,11-15H,3-6,9-10H2,1-2H3/t13-,14-,15+,18+/m1/s1. The van der Waals surface area contributed by atoms with Gasteiger partial charge in [-0.15, -0.1) is 0 Å². The van der Waals surface area contributed by atoms with Crippen LogP contribution in [-0.2, 0) is 19.1 Å². The summed E-state index contributed by atoms with van der Waals surface area (Å²) in [6.45, 7) is 5.01. The molecule has 3 aliphatic heterocycles. The Morgan fingerprint density at radius 2 is 2.17 bits per heavy atom. The fraction of sp³-hybridized carbons (Fsp3) is 0.778. The van der Waals surface area contributed by atoms with Gasteiger partial charge in [-0.2, -0.15) is 0 Å². The highest BCUT2D eigenvalue weighted by Crippen LogP contribution is 2.53. The van der Waals surface area contributed by atoms with Crippen molar-refractivity contribution in [2.75, 3.05) is 13.2 Å². The number of ether oxygens (including phenoxy) is 2. The second kappa shape index (κ2) is 5.33. The van der Waals surface area contributed by atoms with Gasteiger partial charge in [-0.1, -0.05) is 38.8 Å². The molecule has 2 bridgehead atoms. The third-order valence-electron chi connectivity index (χ3n) is 5.73. The van der Waals surface area contributed by atoms with Crippen molar-refractivity contribution in [1.82, 2.24) is 4.90 Å². The van der Waals surface area contributed by atoms with Gasteiger partial charge in [0.1, 0.15) is 11.5 Å². The van der Waals surface area contributed by atoms with Gasteiger partial charge in [-0.05, 0) is 18.8 Å². The minimum absolute atomic E-state index is 0.0928. The third kappa shape index (κ3) is 2.24. The number of carbonyl (C=O) groups excluding carboxylic acids is 2. The van der Waals surface area contributed by atoms with Gasteiger partial charge < -0.3 is 14.4 Å². The molecule has 23 heavy (non-hydrogen) atoms. The Bertz CT molecular complexity index is 551. The Kier molecular flexibility index (Phi) is 3.52. The van der Waals surface area contributed by atoms with E-state index in [2.05, 4.69) is 0 Å². The van der Waals surface area contributed by atoms with Gasteiger partial charge in [-0.25, -0.2) is 0 Å². The Labute approximate surface area is 137 Å². The van der Waals surface area contributed by atoms with E-state index in [1.165, 1.54) is 12.8 Å². The van der Waals surface area contributed by atoms with Crippen LogP contribution in [0.15, 0.2) is 12.2 Å². The van der Waals surface area contributed by atoms with Gasteiger partial charge in [0, 0.05) is 6.04 Å². The molecule has 4 rings (SSSR count). The van der Waals surface area contributed by atoms with Gasteiger partial charge in [0.2, 0.25) is 5.91 Å². The van der Waals surface area contributed by atoms with E-state index in [1.807, 2.05) is 30.9 Å². The van der Waals surface area contributed by atoms with Gasteiger partial charge in [0.05, 0.1) is 25.2 Å².